The highest BCUT2D eigenvalue weighted by molar-refractivity contribution is 6.47. The number of esters is 1. The number of carbonyl (C=O) groups excluding carboxylic acids is 2. The molecule has 1 atom stereocenters. The number of non-ortho nitro benzene ring substituents is 1. The topological polar surface area (TPSA) is 169 Å². The van der Waals surface area contributed by atoms with E-state index in [-0.39, 0.29) is 28.1 Å². The van der Waals surface area contributed by atoms with Crippen LogP contribution in [0.1, 0.15) is 22.7 Å². The van der Waals surface area contributed by atoms with E-state index < -0.39 is 28.3 Å². The fourth-order valence-electron chi connectivity index (χ4n) is 3.25. The van der Waals surface area contributed by atoms with Crippen molar-refractivity contribution in [3.63, 3.8) is 0 Å². The Kier molecular flexibility index (Phi) is 7.00. The second-order valence-corrected chi connectivity index (χ2v) is 7.34. The molecular weight excluding hydrogens is 444 g/mol. The molecule has 0 saturated heterocycles. The summed E-state index contributed by atoms with van der Waals surface area (Å²) in [6.45, 7) is 3.81. The fraction of sp³-hybridized carbons (Fsp3) is 0.227. The summed E-state index contributed by atoms with van der Waals surface area (Å²) >= 11 is 0. The van der Waals surface area contributed by atoms with Crippen molar-refractivity contribution in [2.24, 2.45) is 5.10 Å². The van der Waals surface area contributed by atoms with E-state index in [1.165, 1.54) is 19.2 Å². The standard InChI is InChI=1S/C22H22N6O6/c1-11-5-6-13(9-12(11)2)24-21(30)19(27-23-3)17(22(31)34-4)18-20(29)26-16-10-14(28(32)33)7-8-15(16)25-18/h5-10,17,23H,1-4H3,(H,24,30)(H,26,29)/b27-19+/t17-/m1/s1. The molecule has 2 aromatic carbocycles. The maximum absolute atomic E-state index is 13.1. The van der Waals surface area contributed by atoms with Gasteiger partial charge in [0, 0.05) is 24.9 Å². The van der Waals surface area contributed by atoms with E-state index in [0.717, 1.165) is 24.3 Å². The van der Waals surface area contributed by atoms with Gasteiger partial charge in [0.2, 0.25) is 0 Å². The van der Waals surface area contributed by atoms with Crippen LogP contribution in [0.5, 0.6) is 0 Å². The molecule has 0 fully saturated rings. The van der Waals surface area contributed by atoms with Gasteiger partial charge in [-0.3, -0.25) is 24.5 Å². The van der Waals surface area contributed by atoms with Crippen molar-refractivity contribution in [1.29, 1.82) is 0 Å². The van der Waals surface area contributed by atoms with E-state index in [0.29, 0.717) is 5.69 Å². The minimum absolute atomic E-state index is 0.0956. The number of hydrogen-bond donors (Lipinski definition) is 3. The third-order valence-electron chi connectivity index (χ3n) is 5.13. The minimum Gasteiger partial charge on any atom is -0.468 e. The third-order valence-corrected chi connectivity index (χ3v) is 5.13. The van der Waals surface area contributed by atoms with E-state index in [1.807, 2.05) is 19.9 Å². The number of hydrogen-bond acceptors (Lipinski definition) is 9. The monoisotopic (exact) mass is 466 g/mol. The maximum Gasteiger partial charge on any atom is 0.321 e. The molecule has 0 aliphatic heterocycles. The second-order valence-electron chi connectivity index (χ2n) is 7.34. The number of carbonyl (C=O) groups is 2. The lowest BCUT2D eigenvalue weighted by Gasteiger charge is -2.17. The SMILES string of the molecule is CN/N=C(/C(=O)Nc1ccc(C)c(C)c1)[C@H](C(=O)OC)c1nc2ccc([N+](=O)[O-])cc2[nH]c1=O. The van der Waals surface area contributed by atoms with Crippen molar-refractivity contribution in [1.82, 2.24) is 15.4 Å². The Morgan fingerprint density at radius 2 is 1.91 bits per heavy atom. The summed E-state index contributed by atoms with van der Waals surface area (Å²) in [4.78, 5) is 55.8. The lowest BCUT2D eigenvalue weighted by Crippen LogP contribution is -2.38. The van der Waals surface area contributed by atoms with Gasteiger partial charge in [-0.05, 0) is 43.2 Å². The average Bonchev–Trinajstić information content (AvgIpc) is 2.80. The van der Waals surface area contributed by atoms with Gasteiger partial charge in [0.1, 0.15) is 11.4 Å². The number of H-pyrrole nitrogens is 1. The molecule has 0 aliphatic rings. The molecule has 1 aromatic heterocycles. The van der Waals surface area contributed by atoms with Crippen LogP contribution in [0.4, 0.5) is 11.4 Å². The van der Waals surface area contributed by atoms with Gasteiger partial charge in [0.05, 0.1) is 23.1 Å². The minimum atomic E-state index is -1.58. The number of ether oxygens (including phenoxy) is 1. The first kappa shape index (κ1) is 24.0. The Balaban J connectivity index is 2.10. The average molecular weight is 466 g/mol. The molecule has 0 aliphatic carbocycles. The smallest absolute Gasteiger partial charge is 0.321 e. The first-order valence-electron chi connectivity index (χ1n) is 10.1. The lowest BCUT2D eigenvalue weighted by molar-refractivity contribution is -0.384. The highest BCUT2D eigenvalue weighted by Gasteiger charge is 2.36. The maximum atomic E-state index is 13.1. The molecule has 0 spiro atoms. The van der Waals surface area contributed by atoms with Crippen LogP contribution in [0, 0.1) is 24.0 Å². The van der Waals surface area contributed by atoms with Crippen molar-refractivity contribution in [3.05, 3.63) is 73.7 Å². The summed E-state index contributed by atoms with van der Waals surface area (Å²) in [5.41, 5.74) is 3.40. The number of benzene rings is 2. The zero-order chi connectivity index (χ0) is 25.0. The highest BCUT2D eigenvalue weighted by Crippen LogP contribution is 2.22. The van der Waals surface area contributed by atoms with Crippen LogP contribution in [0.25, 0.3) is 11.0 Å². The van der Waals surface area contributed by atoms with Crippen LogP contribution in [0.2, 0.25) is 0 Å². The summed E-state index contributed by atoms with van der Waals surface area (Å²) < 4.78 is 4.84. The van der Waals surface area contributed by atoms with Crippen LogP contribution in [0.3, 0.4) is 0 Å². The van der Waals surface area contributed by atoms with Gasteiger partial charge < -0.3 is 20.5 Å². The van der Waals surface area contributed by atoms with Crippen molar-refractivity contribution in [3.8, 4) is 0 Å². The van der Waals surface area contributed by atoms with Gasteiger partial charge in [0.15, 0.2) is 5.92 Å². The fourth-order valence-corrected chi connectivity index (χ4v) is 3.25. The Labute approximate surface area is 193 Å². The molecule has 0 bridgehead atoms. The van der Waals surface area contributed by atoms with Crippen LogP contribution in [-0.4, -0.2) is 46.6 Å². The number of aryl methyl sites for hydroxylation is 2. The van der Waals surface area contributed by atoms with Crippen LogP contribution >= 0.6 is 0 Å². The number of amides is 1. The van der Waals surface area contributed by atoms with Crippen molar-refractivity contribution >= 4 is 40.0 Å². The molecule has 0 saturated carbocycles. The van der Waals surface area contributed by atoms with Gasteiger partial charge >= 0.3 is 5.97 Å². The van der Waals surface area contributed by atoms with Crippen LogP contribution in [-0.2, 0) is 14.3 Å². The first-order valence-corrected chi connectivity index (χ1v) is 10.1. The van der Waals surface area contributed by atoms with Crippen LogP contribution in [0.15, 0.2) is 46.3 Å². The van der Waals surface area contributed by atoms with E-state index >= 15 is 0 Å². The molecule has 12 heteroatoms. The molecule has 0 radical (unpaired) electrons. The number of nitro benzene ring substituents is 1. The largest absolute Gasteiger partial charge is 0.468 e. The van der Waals surface area contributed by atoms with Gasteiger partial charge in [0.25, 0.3) is 17.2 Å². The molecule has 1 heterocycles. The predicted octanol–water partition coefficient (Wildman–Crippen LogP) is 1.92. The molecule has 3 rings (SSSR count). The Bertz CT molecular complexity index is 1380. The quantitative estimate of drug-likeness (QED) is 0.205. The first-order chi connectivity index (χ1) is 16.2. The molecule has 3 N–H and O–H groups in total. The van der Waals surface area contributed by atoms with E-state index in [9.17, 15) is 24.5 Å². The van der Waals surface area contributed by atoms with Gasteiger partial charge in [-0.1, -0.05) is 6.07 Å². The lowest BCUT2D eigenvalue weighted by atomic mass is 9.98. The summed E-state index contributed by atoms with van der Waals surface area (Å²) in [7, 11) is 2.53. The molecule has 1 amide bonds. The molecule has 3 aromatic rings. The summed E-state index contributed by atoms with van der Waals surface area (Å²) in [6.07, 6.45) is 0. The number of nitro groups is 1. The van der Waals surface area contributed by atoms with Crippen molar-refractivity contribution < 1.29 is 19.2 Å². The number of aromatic amines is 1. The number of fused-ring (bicyclic) bond motifs is 1. The zero-order valence-electron chi connectivity index (χ0n) is 18.8. The summed E-state index contributed by atoms with van der Waals surface area (Å²) in [5.74, 6) is -3.27. The van der Waals surface area contributed by atoms with Crippen molar-refractivity contribution in [2.75, 3.05) is 19.5 Å². The number of aromatic nitrogens is 2. The van der Waals surface area contributed by atoms with Gasteiger partial charge in [-0.15, -0.1) is 0 Å². The number of rotatable bonds is 7. The normalized spacial score (nSPS) is 12.2. The van der Waals surface area contributed by atoms with E-state index in [2.05, 4.69) is 25.8 Å². The summed E-state index contributed by atoms with van der Waals surface area (Å²) in [6, 6.07) is 8.96. The molecule has 0 unspecified atom stereocenters. The van der Waals surface area contributed by atoms with Crippen molar-refractivity contribution in [2.45, 2.75) is 19.8 Å². The van der Waals surface area contributed by atoms with E-state index in [1.54, 1.807) is 12.1 Å². The zero-order valence-corrected chi connectivity index (χ0v) is 18.8. The van der Waals surface area contributed by atoms with Crippen LogP contribution < -0.4 is 16.3 Å². The summed E-state index contributed by atoms with van der Waals surface area (Å²) in [5, 5.41) is 17.6. The Hall–Kier alpha value is -4.61. The number of nitrogens with zero attached hydrogens (tertiary/aromatic N) is 3. The van der Waals surface area contributed by atoms with E-state index in [4.69, 9.17) is 4.74 Å². The molecule has 176 valence electrons. The second kappa shape index (κ2) is 9.90. The Morgan fingerprint density at radius 3 is 2.53 bits per heavy atom. The number of nitrogens with one attached hydrogen (secondary N) is 3. The predicted molar refractivity (Wildman–Crippen MR) is 125 cm³/mol. The van der Waals surface area contributed by atoms with Gasteiger partial charge in [-0.2, -0.15) is 5.10 Å². The van der Waals surface area contributed by atoms with Gasteiger partial charge in [-0.25, -0.2) is 4.98 Å². The third kappa shape index (κ3) is 4.90. The Morgan fingerprint density at radius 1 is 1.18 bits per heavy atom. The molecule has 12 nitrogen and oxygen atoms in total. The number of methoxy groups -OCH3 is 1. The highest BCUT2D eigenvalue weighted by atomic mass is 16.6. The molecule has 34 heavy (non-hydrogen) atoms. The number of anilines is 1. The number of hydrazone groups is 1. The molecular formula is C22H22N6O6.